The first-order chi connectivity index (χ1) is 20.4. The van der Waals surface area contributed by atoms with Crippen molar-refractivity contribution in [3.05, 3.63) is 125 Å². The predicted molar refractivity (Wildman–Crippen MR) is 165 cm³/mol. The first-order valence-corrected chi connectivity index (χ1v) is 14.2. The summed E-state index contributed by atoms with van der Waals surface area (Å²) in [6.07, 6.45) is 1.75. The topological polar surface area (TPSA) is 93.5 Å². The normalized spacial score (nSPS) is 11.9. The van der Waals surface area contributed by atoms with Crippen molar-refractivity contribution in [3.63, 3.8) is 0 Å². The van der Waals surface area contributed by atoms with E-state index in [0.717, 1.165) is 52.0 Å². The molecule has 2 N–H and O–H groups in total. The summed E-state index contributed by atoms with van der Waals surface area (Å²) in [7, 11) is 1.63. The Morgan fingerprint density at radius 2 is 1.69 bits per heavy atom. The van der Waals surface area contributed by atoms with E-state index in [4.69, 9.17) is 9.72 Å². The Morgan fingerprint density at radius 3 is 2.38 bits per heavy atom. The first-order valence-electron chi connectivity index (χ1n) is 14.2. The van der Waals surface area contributed by atoms with E-state index < -0.39 is 5.97 Å². The van der Waals surface area contributed by atoms with Crippen molar-refractivity contribution in [2.75, 3.05) is 13.7 Å². The van der Waals surface area contributed by atoms with Gasteiger partial charge in [0.1, 0.15) is 5.82 Å². The fraction of sp³-hybridized carbons (Fsp3) is 0.229. The van der Waals surface area contributed by atoms with Gasteiger partial charge in [0.2, 0.25) is 0 Å². The van der Waals surface area contributed by atoms with Crippen LogP contribution in [0, 0.1) is 6.92 Å². The molecule has 1 atom stereocenters. The van der Waals surface area contributed by atoms with Gasteiger partial charge in [0.05, 0.1) is 29.2 Å². The molecule has 0 bridgehead atoms. The van der Waals surface area contributed by atoms with Crippen LogP contribution in [0.5, 0.6) is 0 Å². The zero-order chi connectivity index (χ0) is 29.6. The summed E-state index contributed by atoms with van der Waals surface area (Å²) in [6, 6.07) is 28.3. The summed E-state index contributed by atoms with van der Waals surface area (Å²) < 4.78 is 7.59. The lowest BCUT2D eigenvalue weighted by atomic mass is 9.98. The number of aromatic carboxylic acids is 1. The molecule has 0 radical (unpaired) electrons. The van der Waals surface area contributed by atoms with E-state index >= 15 is 0 Å². The van der Waals surface area contributed by atoms with Gasteiger partial charge in [0, 0.05) is 25.6 Å². The first kappa shape index (κ1) is 28.8. The Labute approximate surface area is 245 Å². The van der Waals surface area contributed by atoms with Crippen LogP contribution < -0.4 is 5.32 Å². The Morgan fingerprint density at radius 1 is 0.976 bits per heavy atom. The number of nitrogens with zero attached hydrogens (tertiary/aromatic N) is 2. The second-order valence-corrected chi connectivity index (χ2v) is 10.5. The number of nitrogens with one attached hydrogen (secondary N) is 1. The molecular formula is C35H35N3O4. The summed E-state index contributed by atoms with van der Waals surface area (Å²) in [5, 5.41) is 12.7. The number of hydrogen-bond donors (Lipinski definition) is 2. The summed E-state index contributed by atoms with van der Waals surface area (Å²) >= 11 is 0. The number of methoxy groups -OCH3 is 1. The number of ether oxygens (including phenoxy) is 1. The highest BCUT2D eigenvalue weighted by Gasteiger charge is 2.20. The molecule has 1 amide bonds. The molecule has 1 heterocycles. The number of carboxylic acids is 1. The molecule has 214 valence electrons. The molecule has 42 heavy (non-hydrogen) atoms. The van der Waals surface area contributed by atoms with Crippen LogP contribution in [0.15, 0.2) is 91.0 Å². The van der Waals surface area contributed by atoms with Crippen molar-refractivity contribution >= 4 is 22.9 Å². The smallest absolute Gasteiger partial charge is 0.336 e. The van der Waals surface area contributed by atoms with Crippen molar-refractivity contribution in [1.29, 1.82) is 0 Å². The van der Waals surface area contributed by atoms with Crippen LogP contribution >= 0.6 is 0 Å². The van der Waals surface area contributed by atoms with Gasteiger partial charge in [-0.25, -0.2) is 9.78 Å². The molecule has 5 aromatic rings. The van der Waals surface area contributed by atoms with Crippen LogP contribution in [0.3, 0.4) is 0 Å². The van der Waals surface area contributed by atoms with Gasteiger partial charge in [0.15, 0.2) is 0 Å². The number of carboxylic acid groups (broad SMARTS) is 1. The highest BCUT2D eigenvalue weighted by atomic mass is 16.5. The van der Waals surface area contributed by atoms with Gasteiger partial charge in [0.25, 0.3) is 5.91 Å². The average molecular weight is 562 g/mol. The Hall–Kier alpha value is -4.75. The summed E-state index contributed by atoms with van der Waals surface area (Å²) in [5.41, 5.74) is 7.15. The number of aromatic nitrogens is 2. The van der Waals surface area contributed by atoms with E-state index in [2.05, 4.69) is 16.8 Å². The molecule has 0 aliphatic carbocycles. The zero-order valence-electron chi connectivity index (χ0n) is 24.1. The highest BCUT2D eigenvalue weighted by Crippen LogP contribution is 2.27. The van der Waals surface area contributed by atoms with Crippen LogP contribution in [-0.4, -0.2) is 40.3 Å². The van der Waals surface area contributed by atoms with Crippen molar-refractivity contribution in [3.8, 4) is 11.1 Å². The molecule has 0 aliphatic rings. The van der Waals surface area contributed by atoms with Crippen LogP contribution in [0.4, 0.5) is 0 Å². The molecule has 0 saturated carbocycles. The summed E-state index contributed by atoms with van der Waals surface area (Å²) in [6.45, 7) is 5.06. The lowest BCUT2D eigenvalue weighted by molar-refractivity contribution is 0.0697. The third-order valence-corrected chi connectivity index (χ3v) is 7.46. The number of imidazole rings is 1. The third-order valence-electron chi connectivity index (χ3n) is 7.46. The van der Waals surface area contributed by atoms with Gasteiger partial charge in [-0.05, 0) is 59.4 Å². The zero-order valence-corrected chi connectivity index (χ0v) is 24.1. The second-order valence-electron chi connectivity index (χ2n) is 10.5. The van der Waals surface area contributed by atoms with Crippen molar-refractivity contribution in [2.24, 2.45) is 0 Å². The van der Waals surface area contributed by atoms with E-state index in [0.29, 0.717) is 24.3 Å². The molecule has 1 aromatic heterocycles. The fourth-order valence-corrected chi connectivity index (χ4v) is 5.37. The molecule has 7 nitrogen and oxygen atoms in total. The van der Waals surface area contributed by atoms with Crippen LogP contribution in [0.1, 0.15) is 62.6 Å². The summed E-state index contributed by atoms with van der Waals surface area (Å²) in [5.74, 6) is -0.150. The van der Waals surface area contributed by atoms with E-state index in [1.54, 1.807) is 19.2 Å². The van der Waals surface area contributed by atoms with Crippen molar-refractivity contribution in [2.45, 2.75) is 39.3 Å². The molecule has 5 rings (SSSR count). The van der Waals surface area contributed by atoms with Crippen LogP contribution in [-0.2, 0) is 17.7 Å². The lowest BCUT2D eigenvalue weighted by Gasteiger charge is -2.19. The Balaban J connectivity index is 1.47. The van der Waals surface area contributed by atoms with Gasteiger partial charge in [-0.2, -0.15) is 0 Å². The molecule has 4 aromatic carbocycles. The number of rotatable bonds is 11. The predicted octanol–water partition coefficient (Wildman–Crippen LogP) is 6.83. The number of aryl methyl sites for hydroxylation is 2. The number of fused-ring (bicyclic) bond motifs is 1. The second kappa shape index (κ2) is 12.8. The molecule has 7 heteroatoms. The van der Waals surface area contributed by atoms with Crippen LogP contribution in [0.25, 0.3) is 22.2 Å². The standard InChI is InChI=1S/C35H35N3O4/c1-4-10-32-37-33-23(2)19-27(34(39)36-30(22-42-3)26-11-6-5-7-12-26)20-31(33)38(32)21-24-15-17-25(18-16-24)28-13-8-9-14-29(28)35(40)41/h5-9,11-20,30H,4,10,21-22H2,1-3H3,(H,36,39)(H,40,41)/t30-/m1/s1. The van der Waals surface area contributed by atoms with Crippen molar-refractivity contribution < 1.29 is 19.4 Å². The number of hydrogen-bond acceptors (Lipinski definition) is 4. The largest absolute Gasteiger partial charge is 0.478 e. The minimum absolute atomic E-state index is 0.169. The monoisotopic (exact) mass is 561 g/mol. The Bertz CT molecular complexity index is 1710. The fourth-order valence-electron chi connectivity index (χ4n) is 5.37. The minimum Gasteiger partial charge on any atom is -0.478 e. The molecule has 0 saturated heterocycles. The number of benzene rings is 4. The number of carbonyl (C=O) groups is 2. The maximum atomic E-state index is 13.5. The maximum Gasteiger partial charge on any atom is 0.336 e. The SMILES string of the molecule is CCCc1nc2c(C)cc(C(=O)N[C@H](COC)c3ccccc3)cc2n1Cc1ccc(-c2ccccc2C(=O)O)cc1. The van der Waals surface area contributed by atoms with Gasteiger partial charge >= 0.3 is 5.97 Å². The lowest BCUT2D eigenvalue weighted by Crippen LogP contribution is -2.31. The number of amides is 1. The van der Waals surface area contributed by atoms with E-state index in [1.165, 1.54) is 0 Å². The average Bonchev–Trinajstić information content (AvgIpc) is 3.35. The van der Waals surface area contributed by atoms with E-state index in [9.17, 15) is 14.7 Å². The third kappa shape index (κ3) is 6.11. The maximum absolute atomic E-state index is 13.5. The Kier molecular flexibility index (Phi) is 8.79. The van der Waals surface area contributed by atoms with E-state index in [-0.39, 0.29) is 17.5 Å². The molecule has 0 spiro atoms. The van der Waals surface area contributed by atoms with E-state index in [1.807, 2.05) is 85.8 Å². The summed E-state index contributed by atoms with van der Waals surface area (Å²) in [4.78, 5) is 30.2. The van der Waals surface area contributed by atoms with Gasteiger partial charge in [-0.15, -0.1) is 0 Å². The van der Waals surface area contributed by atoms with Gasteiger partial charge in [-0.1, -0.05) is 79.7 Å². The molecule has 0 unspecified atom stereocenters. The van der Waals surface area contributed by atoms with Crippen molar-refractivity contribution in [1.82, 2.24) is 14.9 Å². The minimum atomic E-state index is -0.948. The molecule has 0 fully saturated rings. The quantitative estimate of drug-likeness (QED) is 0.184. The van der Waals surface area contributed by atoms with Gasteiger partial charge in [-0.3, -0.25) is 4.79 Å². The number of carbonyl (C=O) groups excluding carboxylic acids is 1. The highest BCUT2D eigenvalue weighted by molar-refractivity contribution is 5.99. The molecule has 0 aliphatic heterocycles. The molecular weight excluding hydrogens is 526 g/mol. The van der Waals surface area contributed by atoms with Crippen LogP contribution in [0.2, 0.25) is 0 Å². The van der Waals surface area contributed by atoms with Gasteiger partial charge < -0.3 is 19.7 Å².